The summed E-state index contributed by atoms with van der Waals surface area (Å²) < 4.78 is 5.19. The predicted molar refractivity (Wildman–Crippen MR) is 67.7 cm³/mol. The van der Waals surface area contributed by atoms with Crippen molar-refractivity contribution in [1.82, 2.24) is 0 Å². The molecule has 1 aromatic carbocycles. The lowest BCUT2D eigenvalue weighted by Gasteiger charge is -2.26. The fraction of sp³-hybridized carbons (Fsp3) is 0.533. The Kier molecular flexibility index (Phi) is 3.08. The number of hydrogen-bond donors (Lipinski definition) is 1. The van der Waals surface area contributed by atoms with Crippen molar-refractivity contribution in [1.29, 1.82) is 0 Å². The second-order valence-electron chi connectivity index (χ2n) is 5.44. The van der Waals surface area contributed by atoms with E-state index in [0.717, 1.165) is 13.2 Å². The molecule has 1 aliphatic carbocycles. The number of carboxylic acids is 1. The first-order valence-electron chi connectivity index (χ1n) is 6.63. The zero-order valence-electron chi connectivity index (χ0n) is 10.3. The van der Waals surface area contributed by atoms with E-state index in [2.05, 4.69) is 24.3 Å². The summed E-state index contributed by atoms with van der Waals surface area (Å²) in [6.07, 6.45) is 2.61. The third-order valence-electron chi connectivity index (χ3n) is 4.06. The van der Waals surface area contributed by atoms with Gasteiger partial charge >= 0.3 is 5.97 Å². The lowest BCUT2D eigenvalue weighted by atomic mass is 9.88. The SMILES string of the molecule is O=C(O)CC(c1ccc(C2COC2)cc1)C1CC1. The molecule has 1 N–H and O–H groups in total. The molecule has 0 aromatic heterocycles. The number of carbonyl (C=O) groups is 1. The van der Waals surface area contributed by atoms with Gasteiger partial charge in [0.15, 0.2) is 0 Å². The van der Waals surface area contributed by atoms with E-state index in [1.807, 2.05) is 0 Å². The lowest BCUT2D eigenvalue weighted by Crippen LogP contribution is -2.25. The van der Waals surface area contributed by atoms with Crippen LogP contribution < -0.4 is 0 Å². The van der Waals surface area contributed by atoms with Crippen LogP contribution in [0.2, 0.25) is 0 Å². The molecule has 1 atom stereocenters. The Hall–Kier alpha value is -1.35. The summed E-state index contributed by atoms with van der Waals surface area (Å²) in [6, 6.07) is 8.50. The molecule has 1 saturated heterocycles. The van der Waals surface area contributed by atoms with Gasteiger partial charge in [-0.05, 0) is 35.8 Å². The van der Waals surface area contributed by atoms with Crippen molar-refractivity contribution in [2.75, 3.05) is 13.2 Å². The molecule has 18 heavy (non-hydrogen) atoms. The standard InChI is InChI=1S/C15H18O3/c16-15(17)7-14(12-5-6-12)11-3-1-10(2-4-11)13-8-18-9-13/h1-4,12-14H,5-9H2,(H,16,17). The minimum Gasteiger partial charge on any atom is -0.481 e. The number of aliphatic carboxylic acids is 1. The Morgan fingerprint density at radius 1 is 1.28 bits per heavy atom. The molecule has 2 fully saturated rings. The van der Waals surface area contributed by atoms with Crippen LogP contribution in [0.1, 0.15) is 42.2 Å². The van der Waals surface area contributed by atoms with Crippen LogP contribution in [-0.2, 0) is 9.53 Å². The van der Waals surface area contributed by atoms with E-state index in [9.17, 15) is 4.79 Å². The molecule has 1 unspecified atom stereocenters. The highest BCUT2D eigenvalue weighted by Crippen LogP contribution is 2.44. The van der Waals surface area contributed by atoms with Crippen LogP contribution in [0.25, 0.3) is 0 Å². The molecule has 0 radical (unpaired) electrons. The molecule has 0 spiro atoms. The van der Waals surface area contributed by atoms with Gasteiger partial charge in [0.05, 0.1) is 19.6 Å². The largest absolute Gasteiger partial charge is 0.481 e. The van der Waals surface area contributed by atoms with E-state index < -0.39 is 5.97 Å². The maximum absolute atomic E-state index is 10.9. The smallest absolute Gasteiger partial charge is 0.303 e. The van der Waals surface area contributed by atoms with Gasteiger partial charge in [0.25, 0.3) is 0 Å². The average molecular weight is 246 g/mol. The first-order chi connectivity index (χ1) is 8.74. The first kappa shape index (κ1) is 11.7. The Morgan fingerprint density at radius 2 is 1.94 bits per heavy atom. The van der Waals surface area contributed by atoms with Crippen LogP contribution in [0.5, 0.6) is 0 Å². The normalized spacial score (nSPS) is 21.3. The number of rotatable bonds is 5. The number of benzene rings is 1. The van der Waals surface area contributed by atoms with Crippen molar-refractivity contribution in [3.8, 4) is 0 Å². The molecule has 96 valence electrons. The summed E-state index contributed by atoms with van der Waals surface area (Å²) >= 11 is 0. The maximum atomic E-state index is 10.9. The molecular weight excluding hydrogens is 228 g/mol. The van der Waals surface area contributed by atoms with Crippen LogP contribution in [0.4, 0.5) is 0 Å². The maximum Gasteiger partial charge on any atom is 0.303 e. The monoisotopic (exact) mass is 246 g/mol. The molecule has 0 amide bonds. The van der Waals surface area contributed by atoms with E-state index in [4.69, 9.17) is 9.84 Å². The van der Waals surface area contributed by atoms with E-state index in [1.54, 1.807) is 0 Å². The molecule has 0 bridgehead atoms. The van der Waals surface area contributed by atoms with Crippen LogP contribution in [-0.4, -0.2) is 24.3 Å². The molecule has 1 heterocycles. The molecule has 2 aliphatic rings. The minimum atomic E-state index is -0.691. The third-order valence-corrected chi connectivity index (χ3v) is 4.06. The molecule has 1 saturated carbocycles. The zero-order chi connectivity index (χ0) is 12.5. The van der Waals surface area contributed by atoms with Crippen LogP contribution in [0, 0.1) is 5.92 Å². The summed E-state index contributed by atoms with van der Waals surface area (Å²) in [4.78, 5) is 10.9. The molecule has 3 heteroatoms. The Labute approximate surface area is 107 Å². The van der Waals surface area contributed by atoms with Gasteiger partial charge in [0.1, 0.15) is 0 Å². The number of carboxylic acid groups (broad SMARTS) is 1. The van der Waals surface area contributed by atoms with Crippen LogP contribution in [0.15, 0.2) is 24.3 Å². The van der Waals surface area contributed by atoms with Gasteiger partial charge in [-0.3, -0.25) is 4.79 Å². The topological polar surface area (TPSA) is 46.5 Å². The fourth-order valence-electron chi connectivity index (χ4n) is 2.69. The molecule has 3 rings (SSSR count). The van der Waals surface area contributed by atoms with Crippen molar-refractivity contribution in [3.05, 3.63) is 35.4 Å². The fourth-order valence-corrected chi connectivity index (χ4v) is 2.69. The Bertz CT molecular complexity index is 430. The van der Waals surface area contributed by atoms with Gasteiger partial charge in [-0.2, -0.15) is 0 Å². The van der Waals surface area contributed by atoms with Crippen LogP contribution >= 0.6 is 0 Å². The Morgan fingerprint density at radius 3 is 2.39 bits per heavy atom. The van der Waals surface area contributed by atoms with E-state index in [1.165, 1.54) is 24.0 Å². The highest BCUT2D eigenvalue weighted by atomic mass is 16.5. The van der Waals surface area contributed by atoms with Crippen LogP contribution in [0.3, 0.4) is 0 Å². The highest BCUT2D eigenvalue weighted by molar-refractivity contribution is 5.68. The summed E-state index contributed by atoms with van der Waals surface area (Å²) in [5.74, 6) is 0.634. The minimum absolute atomic E-state index is 0.203. The summed E-state index contributed by atoms with van der Waals surface area (Å²) in [5.41, 5.74) is 2.50. The van der Waals surface area contributed by atoms with Gasteiger partial charge in [-0.15, -0.1) is 0 Å². The van der Waals surface area contributed by atoms with Crippen molar-refractivity contribution in [2.45, 2.75) is 31.1 Å². The lowest BCUT2D eigenvalue weighted by molar-refractivity contribution is -0.137. The molecule has 1 aliphatic heterocycles. The number of hydrogen-bond acceptors (Lipinski definition) is 2. The van der Waals surface area contributed by atoms with Gasteiger partial charge in [0, 0.05) is 5.92 Å². The van der Waals surface area contributed by atoms with Crippen molar-refractivity contribution in [2.24, 2.45) is 5.92 Å². The van der Waals surface area contributed by atoms with Crippen molar-refractivity contribution >= 4 is 5.97 Å². The summed E-state index contributed by atoms with van der Waals surface area (Å²) in [5, 5.41) is 9.00. The van der Waals surface area contributed by atoms with Gasteiger partial charge in [-0.25, -0.2) is 0 Å². The first-order valence-corrected chi connectivity index (χ1v) is 6.63. The van der Waals surface area contributed by atoms with Crippen molar-refractivity contribution < 1.29 is 14.6 Å². The van der Waals surface area contributed by atoms with E-state index in [-0.39, 0.29) is 12.3 Å². The predicted octanol–water partition coefficient (Wildman–Crippen LogP) is 2.77. The second kappa shape index (κ2) is 4.73. The number of ether oxygens (including phenoxy) is 1. The van der Waals surface area contributed by atoms with Gasteiger partial charge in [0.2, 0.25) is 0 Å². The summed E-state index contributed by atoms with van der Waals surface area (Å²) in [6.45, 7) is 1.64. The highest BCUT2D eigenvalue weighted by Gasteiger charge is 2.33. The molecule has 1 aromatic rings. The second-order valence-corrected chi connectivity index (χ2v) is 5.44. The summed E-state index contributed by atoms with van der Waals surface area (Å²) in [7, 11) is 0. The third kappa shape index (κ3) is 2.41. The van der Waals surface area contributed by atoms with Gasteiger partial charge in [-0.1, -0.05) is 24.3 Å². The zero-order valence-corrected chi connectivity index (χ0v) is 10.3. The van der Waals surface area contributed by atoms with E-state index in [0.29, 0.717) is 11.8 Å². The van der Waals surface area contributed by atoms with E-state index >= 15 is 0 Å². The Balaban J connectivity index is 1.74. The van der Waals surface area contributed by atoms with Crippen molar-refractivity contribution in [3.63, 3.8) is 0 Å². The molecule has 3 nitrogen and oxygen atoms in total. The average Bonchev–Trinajstić information content (AvgIpc) is 3.08. The van der Waals surface area contributed by atoms with Gasteiger partial charge < -0.3 is 9.84 Å². The molecular formula is C15H18O3. The quantitative estimate of drug-likeness (QED) is 0.869.